The van der Waals surface area contributed by atoms with Crippen molar-refractivity contribution in [3.05, 3.63) is 29.7 Å². The highest BCUT2D eigenvalue weighted by atomic mass is 32.2. The minimum atomic E-state index is -3.55. The number of ether oxygens (including phenoxy) is 1. The standard InChI is InChI=1S/C13H18N4O3S2/c1-16-6-7-17(9-10(16)12-14-4-5-15-12)22(18,19)13-11(20-2)3-8-21-13/h3-5,8,10H,6-7,9H2,1-2H3,(H,14,15)/t10-/m0/s1. The van der Waals surface area contributed by atoms with Gasteiger partial charge in [0.25, 0.3) is 10.0 Å². The molecular weight excluding hydrogens is 324 g/mol. The van der Waals surface area contributed by atoms with Crippen LogP contribution in [-0.2, 0) is 10.0 Å². The van der Waals surface area contributed by atoms with Crippen molar-refractivity contribution in [3.8, 4) is 5.75 Å². The molecule has 3 rings (SSSR count). The van der Waals surface area contributed by atoms with Crippen LogP contribution in [0.3, 0.4) is 0 Å². The number of rotatable bonds is 4. The van der Waals surface area contributed by atoms with Gasteiger partial charge in [0.15, 0.2) is 4.21 Å². The number of nitrogens with zero attached hydrogens (tertiary/aromatic N) is 3. The van der Waals surface area contributed by atoms with E-state index in [1.54, 1.807) is 23.8 Å². The maximum absolute atomic E-state index is 12.9. The van der Waals surface area contributed by atoms with E-state index in [4.69, 9.17) is 4.74 Å². The van der Waals surface area contributed by atoms with Crippen LogP contribution in [0.5, 0.6) is 5.75 Å². The Labute approximate surface area is 133 Å². The van der Waals surface area contributed by atoms with Gasteiger partial charge in [-0.15, -0.1) is 11.3 Å². The van der Waals surface area contributed by atoms with Gasteiger partial charge in [-0.2, -0.15) is 4.31 Å². The zero-order valence-corrected chi connectivity index (χ0v) is 14.0. The fourth-order valence-corrected chi connectivity index (χ4v) is 5.41. The van der Waals surface area contributed by atoms with E-state index >= 15 is 0 Å². The normalized spacial score (nSPS) is 21.1. The number of hydrogen-bond donors (Lipinski definition) is 1. The van der Waals surface area contributed by atoms with Gasteiger partial charge in [0.05, 0.1) is 13.2 Å². The van der Waals surface area contributed by atoms with Crippen LogP contribution in [0.1, 0.15) is 11.9 Å². The number of imidazole rings is 1. The van der Waals surface area contributed by atoms with Crippen molar-refractivity contribution in [2.45, 2.75) is 10.3 Å². The molecule has 1 aliphatic rings. The minimum Gasteiger partial charge on any atom is -0.494 e. The number of thiophene rings is 1. The summed E-state index contributed by atoms with van der Waals surface area (Å²) < 4.78 is 32.6. The fraction of sp³-hybridized carbons (Fsp3) is 0.462. The van der Waals surface area contributed by atoms with Gasteiger partial charge in [-0.1, -0.05) is 0 Å². The molecule has 9 heteroatoms. The van der Waals surface area contributed by atoms with E-state index in [0.29, 0.717) is 25.4 Å². The number of H-pyrrole nitrogens is 1. The first-order valence-corrected chi connectivity index (χ1v) is 9.17. The summed E-state index contributed by atoms with van der Waals surface area (Å²) in [6.07, 6.45) is 3.43. The zero-order chi connectivity index (χ0) is 15.7. The lowest BCUT2D eigenvalue weighted by Gasteiger charge is -2.37. The lowest BCUT2D eigenvalue weighted by Crippen LogP contribution is -2.49. The fourth-order valence-electron chi connectivity index (χ4n) is 2.56. The van der Waals surface area contributed by atoms with Crippen LogP contribution in [0, 0.1) is 0 Å². The molecule has 3 heterocycles. The van der Waals surface area contributed by atoms with Gasteiger partial charge in [0, 0.05) is 32.0 Å². The second-order valence-electron chi connectivity index (χ2n) is 5.11. The molecule has 120 valence electrons. The molecule has 7 nitrogen and oxygen atoms in total. The van der Waals surface area contributed by atoms with Crippen LogP contribution in [0.25, 0.3) is 0 Å². The van der Waals surface area contributed by atoms with Crippen LogP contribution >= 0.6 is 11.3 Å². The summed E-state index contributed by atoms with van der Waals surface area (Å²) in [6.45, 7) is 1.47. The van der Waals surface area contributed by atoms with E-state index in [0.717, 1.165) is 5.82 Å². The van der Waals surface area contributed by atoms with Crippen LogP contribution < -0.4 is 4.74 Å². The van der Waals surface area contributed by atoms with Crippen molar-refractivity contribution in [1.82, 2.24) is 19.2 Å². The van der Waals surface area contributed by atoms with Gasteiger partial charge >= 0.3 is 0 Å². The molecule has 0 amide bonds. The Morgan fingerprint density at radius 3 is 2.95 bits per heavy atom. The molecule has 1 N–H and O–H groups in total. The Bertz CT molecular complexity index is 726. The minimum absolute atomic E-state index is 0.0792. The Morgan fingerprint density at radius 2 is 2.27 bits per heavy atom. The molecule has 0 radical (unpaired) electrons. The SMILES string of the molecule is COc1ccsc1S(=O)(=O)N1CCN(C)[C@H](c2ncc[nH]2)C1. The quantitative estimate of drug-likeness (QED) is 0.902. The summed E-state index contributed by atoms with van der Waals surface area (Å²) in [7, 11) is -0.0924. The Hall–Kier alpha value is -1.42. The van der Waals surface area contributed by atoms with Gasteiger partial charge in [-0.3, -0.25) is 4.90 Å². The molecule has 1 fully saturated rings. The number of piperazine rings is 1. The summed E-state index contributed by atoms with van der Waals surface area (Å²) in [4.78, 5) is 9.44. The number of nitrogens with one attached hydrogen (secondary N) is 1. The summed E-state index contributed by atoms with van der Waals surface area (Å²) in [5.41, 5.74) is 0. The lowest BCUT2D eigenvalue weighted by atomic mass is 10.2. The van der Waals surface area contributed by atoms with Crippen LogP contribution in [0.15, 0.2) is 28.0 Å². The maximum Gasteiger partial charge on any atom is 0.256 e. The van der Waals surface area contributed by atoms with Crippen LogP contribution in [0.2, 0.25) is 0 Å². The topological polar surface area (TPSA) is 78.5 Å². The highest BCUT2D eigenvalue weighted by Crippen LogP contribution is 2.34. The summed E-state index contributed by atoms with van der Waals surface area (Å²) in [5, 5.41) is 1.73. The largest absolute Gasteiger partial charge is 0.494 e. The first kappa shape index (κ1) is 15.5. The Balaban J connectivity index is 1.89. The average molecular weight is 342 g/mol. The molecule has 0 aliphatic carbocycles. The number of hydrogen-bond acceptors (Lipinski definition) is 6. The number of sulfonamides is 1. The van der Waals surface area contributed by atoms with E-state index in [-0.39, 0.29) is 10.3 Å². The molecule has 0 aromatic carbocycles. The van der Waals surface area contributed by atoms with Crippen LogP contribution in [0.4, 0.5) is 0 Å². The average Bonchev–Trinajstić information content (AvgIpc) is 3.18. The number of likely N-dealkylation sites (N-methyl/N-ethyl adjacent to an activating group) is 1. The number of aromatic amines is 1. The highest BCUT2D eigenvalue weighted by Gasteiger charge is 2.36. The molecule has 0 spiro atoms. The molecular formula is C13H18N4O3S2. The monoisotopic (exact) mass is 342 g/mol. The highest BCUT2D eigenvalue weighted by molar-refractivity contribution is 7.91. The van der Waals surface area contributed by atoms with E-state index in [2.05, 4.69) is 14.9 Å². The summed E-state index contributed by atoms with van der Waals surface area (Å²) >= 11 is 1.18. The van der Waals surface area contributed by atoms with E-state index < -0.39 is 10.0 Å². The number of methoxy groups -OCH3 is 1. The first-order valence-electron chi connectivity index (χ1n) is 6.85. The molecule has 2 aromatic heterocycles. The van der Waals surface area contributed by atoms with Crippen molar-refractivity contribution in [3.63, 3.8) is 0 Å². The summed E-state index contributed by atoms with van der Waals surface area (Å²) in [6, 6.07) is 1.60. The van der Waals surface area contributed by atoms with Gasteiger partial charge in [0.1, 0.15) is 11.6 Å². The molecule has 1 saturated heterocycles. The van der Waals surface area contributed by atoms with Gasteiger partial charge in [-0.05, 0) is 18.5 Å². The smallest absolute Gasteiger partial charge is 0.256 e. The van der Waals surface area contributed by atoms with Crippen molar-refractivity contribution in [2.24, 2.45) is 0 Å². The first-order chi connectivity index (χ1) is 10.5. The van der Waals surface area contributed by atoms with Crippen molar-refractivity contribution < 1.29 is 13.2 Å². The second kappa shape index (κ2) is 5.99. The number of aromatic nitrogens is 2. The van der Waals surface area contributed by atoms with Crippen molar-refractivity contribution in [1.29, 1.82) is 0 Å². The van der Waals surface area contributed by atoms with E-state index in [1.165, 1.54) is 22.8 Å². The molecule has 1 atom stereocenters. The summed E-state index contributed by atoms with van der Waals surface area (Å²) in [5.74, 6) is 1.18. The predicted molar refractivity (Wildman–Crippen MR) is 83.6 cm³/mol. The van der Waals surface area contributed by atoms with Crippen molar-refractivity contribution >= 4 is 21.4 Å². The van der Waals surface area contributed by atoms with Gasteiger partial charge < -0.3 is 9.72 Å². The molecule has 1 aliphatic heterocycles. The van der Waals surface area contributed by atoms with Crippen LogP contribution in [-0.4, -0.2) is 61.4 Å². The van der Waals surface area contributed by atoms with Gasteiger partial charge in [-0.25, -0.2) is 13.4 Å². The second-order valence-corrected chi connectivity index (χ2v) is 8.16. The molecule has 0 unspecified atom stereocenters. The molecule has 0 saturated carbocycles. The maximum atomic E-state index is 12.9. The van der Waals surface area contributed by atoms with E-state index in [1.807, 2.05) is 7.05 Å². The molecule has 0 bridgehead atoms. The Morgan fingerprint density at radius 1 is 1.45 bits per heavy atom. The lowest BCUT2D eigenvalue weighted by molar-refractivity contribution is 0.142. The third-order valence-electron chi connectivity index (χ3n) is 3.84. The van der Waals surface area contributed by atoms with Gasteiger partial charge in [0.2, 0.25) is 0 Å². The molecule has 2 aromatic rings. The molecule has 22 heavy (non-hydrogen) atoms. The van der Waals surface area contributed by atoms with Crippen molar-refractivity contribution in [2.75, 3.05) is 33.8 Å². The third-order valence-corrected chi connectivity index (χ3v) is 7.12. The third kappa shape index (κ3) is 2.65. The zero-order valence-electron chi connectivity index (χ0n) is 12.4. The Kier molecular flexibility index (Phi) is 4.22. The van der Waals surface area contributed by atoms with E-state index in [9.17, 15) is 8.42 Å². The predicted octanol–water partition coefficient (Wildman–Crippen LogP) is 1.16.